The molecule has 1 aromatic heterocycles. The number of nitrogens with zero attached hydrogens (tertiary/aromatic N) is 1. The molecule has 0 unspecified atom stereocenters. The summed E-state index contributed by atoms with van der Waals surface area (Å²) in [6, 6.07) is 5.08. The lowest BCUT2D eigenvalue weighted by molar-refractivity contribution is 0.0276. The Morgan fingerprint density at radius 2 is 2.09 bits per heavy atom. The Bertz CT molecular complexity index is 774. The maximum Gasteiger partial charge on any atom is 0.290 e. The van der Waals surface area contributed by atoms with Crippen molar-refractivity contribution < 1.29 is 14.6 Å². The highest BCUT2D eigenvalue weighted by Gasteiger charge is 2.15. The van der Waals surface area contributed by atoms with Crippen LogP contribution in [0.1, 0.15) is 13.8 Å². The van der Waals surface area contributed by atoms with Gasteiger partial charge in [-0.2, -0.15) is 0 Å². The van der Waals surface area contributed by atoms with E-state index in [1.165, 1.54) is 11.7 Å². The second-order valence-electron chi connectivity index (χ2n) is 5.40. The van der Waals surface area contributed by atoms with Crippen LogP contribution in [0.4, 0.5) is 0 Å². The van der Waals surface area contributed by atoms with Crippen molar-refractivity contribution in [2.75, 3.05) is 13.7 Å². The number of hydrogen-bond donors (Lipinski definition) is 2. The van der Waals surface area contributed by atoms with Gasteiger partial charge in [-0.05, 0) is 26.0 Å². The second kappa shape index (κ2) is 6.33. The third-order valence-corrected chi connectivity index (χ3v) is 3.15. The molecule has 0 spiro atoms. The number of rotatable bonds is 5. The van der Waals surface area contributed by atoms with Gasteiger partial charge in [0, 0.05) is 18.5 Å². The largest absolute Gasteiger partial charge is 0.493 e. The van der Waals surface area contributed by atoms with Gasteiger partial charge in [-0.3, -0.25) is 9.36 Å². The lowest BCUT2D eigenvalue weighted by Gasteiger charge is -2.19. The smallest absolute Gasteiger partial charge is 0.290 e. The van der Waals surface area contributed by atoms with Crippen LogP contribution in [0.5, 0.6) is 11.5 Å². The number of hydrogen-bond acceptors (Lipinski definition) is 5. The Kier molecular flexibility index (Phi) is 4.68. The first-order valence-electron chi connectivity index (χ1n) is 6.66. The van der Waals surface area contributed by atoms with Crippen molar-refractivity contribution in [1.82, 2.24) is 9.55 Å². The Balaban J connectivity index is 2.39. The summed E-state index contributed by atoms with van der Waals surface area (Å²) >= 11 is 4.94. The summed E-state index contributed by atoms with van der Waals surface area (Å²) in [6.07, 6.45) is 3.18. The van der Waals surface area contributed by atoms with E-state index in [4.69, 9.17) is 21.7 Å². The molecule has 0 amide bonds. The molecule has 0 radical (unpaired) electrons. The Morgan fingerprint density at radius 1 is 1.36 bits per heavy atom. The normalized spacial score (nSPS) is 11.3. The summed E-state index contributed by atoms with van der Waals surface area (Å²) in [7, 11) is 1.51. The van der Waals surface area contributed by atoms with Gasteiger partial charge in [-0.1, -0.05) is 12.2 Å². The van der Waals surface area contributed by atoms with Crippen LogP contribution in [-0.2, 0) is 0 Å². The molecule has 7 heteroatoms. The number of nitrogens with one attached hydrogen (secondary N) is 1. The van der Waals surface area contributed by atoms with E-state index in [0.717, 1.165) is 0 Å². The summed E-state index contributed by atoms with van der Waals surface area (Å²) in [4.78, 5) is 14.7. The molecule has 2 aromatic rings. The van der Waals surface area contributed by atoms with Gasteiger partial charge >= 0.3 is 0 Å². The van der Waals surface area contributed by atoms with Crippen LogP contribution < -0.4 is 15.0 Å². The van der Waals surface area contributed by atoms with Gasteiger partial charge in [-0.15, -0.1) is 0 Å². The highest BCUT2D eigenvalue weighted by atomic mass is 32.1. The molecule has 6 nitrogen and oxygen atoms in total. The Labute approximate surface area is 133 Å². The summed E-state index contributed by atoms with van der Waals surface area (Å²) in [5.74, 6) is 0.954. The van der Waals surface area contributed by atoms with Gasteiger partial charge in [0.25, 0.3) is 5.56 Å². The Morgan fingerprint density at radius 3 is 2.73 bits per heavy atom. The van der Waals surface area contributed by atoms with Crippen molar-refractivity contribution in [2.45, 2.75) is 19.4 Å². The Hall–Kier alpha value is -2.12. The molecule has 0 bridgehead atoms. The number of benzene rings is 1. The number of methoxy groups -OCH3 is 1. The average Bonchev–Trinajstić information content (AvgIpc) is 2.47. The van der Waals surface area contributed by atoms with Crippen molar-refractivity contribution in [3.8, 4) is 17.2 Å². The predicted octanol–water partition coefficient (Wildman–Crippen LogP) is 2.05. The van der Waals surface area contributed by atoms with Crippen LogP contribution in [0.3, 0.4) is 0 Å². The van der Waals surface area contributed by atoms with E-state index in [1.807, 2.05) is 0 Å². The van der Waals surface area contributed by atoms with Crippen LogP contribution in [-0.4, -0.2) is 34.0 Å². The first-order chi connectivity index (χ1) is 10.3. The SMILES string of the molecule is COc1cc(-n2cc[nH]c(=S)c2=O)ccc1OCC(C)(C)O. The summed E-state index contributed by atoms with van der Waals surface area (Å²) in [5.41, 5.74) is -0.658. The first kappa shape index (κ1) is 16.3. The van der Waals surface area contributed by atoms with Gasteiger partial charge in [0.2, 0.25) is 0 Å². The zero-order valence-corrected chi connectivity index (χ0v) is 13.4. The topological polar surface area (TPSA) is 76.5 Å². The van der Waals surface area contributed by atoms with Crippen molar-refractivity contribution in [2.24, 2.45) is 0 Å². The fourth-order valence-electron chi connectivity index (χ4n) is 1.81. The molecule has 118 valence electrons. The molecule has 0 aliphatic heterocycles. The minimum Gasteiger partial charge on any atom is -0.493 e. The number of ether oxygens (including phenoxy) is 2. The molecule has 0 saturated heterocycles. The van der Waals surface area contributed by atoms with Crippen LogP contribution in [0.25, 0.3) is 5.69 Å². The molecule has 0 saturated carbocycles. The monoisotopic (exact) mass is 322 g/mol. The fourth-order valence-corrected chi connectivity index (χ4v) is 1.98. The van der Waals surface area contributed by atoms with Crippen molar-refractivity contribution in [3.05, 3.63) is 45.6 Å². The molecular formula is C15H18N2O4S. The number of aliphatic hydroxyl groups is 1. The zero-order chi connectivity index (χ0) is 16.3. The fraction of sp³-hybridized carbons (Fsp3) is 0.333. The maximum absolute atomic E-state index is 12.0. The minimum absolute atomic E-state index is 0.124. The summed E-state index contributed by atoms with van der Waals surface area (Å²) in [6.45, 7) is 3.43. The molecule has 22 heavy (non-hydrogen) atoms. The van der Waals surface area contributed by atoms with Crippen molar-refractivity contribution in [1.29, 1.82) is 0 Å². The molecule has 0 fully saturated rings. The molecule has 1 heterocycles. The lowest BCUT2D eigenvalue weighted by atomic mass is 10.2. The lowest BCUT2D eigenvalue weighted by Crippen LogP contribution is -2.28. The van der Waals surface area contributed by atoms with Crippen molar-refractivity contribution in [3.63, 3.8) is 0 Å². The standard InChI is InChI=1S/C15H18N2O4S/c1-15(2,19)9-21-11-5-4-10(8-12(11)20-3)17-7-6-16-13(22)14(17)18/h4-8,19H,9H2,1-3H3,(H,16,22). The molecule has 0 atom stereocenters. The van der Waals surface area contributed by atoms with Gasteiger partial charge in [0.05, 0.1) is 18.4 Å². The van der Waals surface area contributed by atoms with Crippen LogP contribution >= 0.6 is 12.2 Å². The first-order valence-corrected chi connectivity index (χ1v) is 7.06. The summed E-state index contributed by atoms with van der Waals surface area (Å²) < 4.78 is 12.4. The zero-order valence-electron chi connectivity index (χ0n) is 12.6. The third kappa shape index (κ3) is 3.75. The molecule has 0 aliphatic rings. The van der Waals surface area contributed by atoms with E-state index < -0.39 is 5.60 Å². The van der Waals surface area contributed by atoms with Crippen LogP contribution in [0, 0.1) is 4.64 Å². The van der Waals surface area contributed by atoms with Gasteiger partial charge < -0.3 is 19.6 Å². The van der Waals surface area contributed by atoms with E-state index in [2.05, 4.69) is 4.98 Å². The molecule has 1 aromatic carbocycles. The van der Waals surface area contributed by atoms with E-state index >= 15 is 0 Å². The maximum atomic E-state index is 12.0. The second-order valence-corrected chi connectivity index (χ2v) is 5.81. The molecule has 0 aliphatic carbocycles. The highest BCUT2D eigenvalue weighted by Crippen LogP contribution is 2.29. The highest BCUT2D eigenvalue weighted by molar-refractivity contribution is 7.71. The quantitative estimate of drug-likeness (QED) is 0.824. The minimum atomic E-state index is -0.951. The van der Waals surface area contributed by atoms with E-state index in [-0.39, 0.29) is 16.8 Å². The van der Waals surface area contributed by atoms with Gasteiger partial charge in [0.1, 0.15) is 6.61 Å². The molecule has 2 N–H and O–H groups in total. The molecule has 2 rings (SSSR count). The van der Waals surface area contributed by atoms with Gasteiger partial charge in [-0.25, -0.2) is 0 Å². The van der Waals surface area contributed by atoms with Crippen molar-refractivity contribution >= 4 is 12.2 Å². The van der Waals surface area contributed by atoms with Gasteiger partial charge in [0.15, 0.2) is 16.1 Å². The van der Waals surface area contributed by atoms with Crippen LogP contribution in [0.15, 0.2) is 35.4 Å². The molecular weight excluding hydrogens is 304 g/mol. The van der Waals surface area contributed by atoms with Crippen LogP contribution in [0.2, 0.25) is 0 Å². The number of H-pyrrole nitrogens is 1. The third-order valence-electron chi connectivity index (χ3n) is 2.86. The van der Waals surface area contributed by atoms with E-state index in [9.17, 15) is 9.90 Å². The predicted molar refractivity (Wildman–Crippen MR) is 85.6 cm³/mol. The average molecular weight is 322 g/mol. The number of aromatic amines is 1. The van der Waals surface area contributed by atoms with E-state index in [1.54, 1.807) is 44.4 Å². The van der Waals surface area contributed by atoms with E-state index in [0.29, 0.717) is 17.2 Å². The number of aromatic nitrogens is 2. The summed E-state index contributed by atoms with van der Waals surface area (Å²) in [5, 5.41) is 9.72.